The zero-order chi connectivity index (χ0) is 33.1. The molecule has 0 aliphatic heterocycles. The Labute approximate surface area is 279 Å². The van der Waals surface area contributed by atoms with Crippen molar-refractivity contribution in [1.82, 2.24) is 15.1 Å². The molecule has 47 heavy (non-hydrogen) atoms. The Balaban J connectivity index is 1.17. The molecule has 1 aromatic carbocycles. The number of nitrogens with one attached hydrogen (secondary N) is 1. The Morgan fingerprint density at radius 3 is 2.74 bits per heavy atom. The van der Waals surface area contributed by atoms with Crippen LogP contribution < -0.4 is 5.32 Å². The highest BCUT2D eigenvalue weighted by Crippen LogP contribution is 2.69. The monoisotopic (exact) mass is 665 g/mol. The van der Waals surface area contributed by atoms with Gasteiger partial charge in [-0.15, -0.1) is 0 Å². The molecule has 0 bridgehead atoms. The van der Waals surface area contributed by atoms with E-state index < -0.39 is 28.2 Å². The zero-order valence-electron chi connectivity index (χ0n) is 27.3. The number of aliphatic hydroxyl groups is 1. The number of aromatic nitrogens is 2. The third-order valence-corrected chi connectivity index (χ3v) is 12.9. The summed E-state index contributed by atoms with van der Waals surface area (Å²) in [6.45, 7) is 5.12. The van der Waals surface area contributed by atoms with Crippen LogP contribution in [0.5, 0.6) is 0 Å². The molecule has 4 fully saturated rings. The van der Waals surface area contributed by atoms with Crippen LogP contribution in [0.25, 0.3) is 11.8 Å². The normalized spacial score (nSPS) is 33.9. The Bertz CT molecular complexity index is 1620. The van der Waals surface area contributed by atoms with Crippen molar-refractivity contribution in [2.75, 3.05) is 26.3 Å². The van der Waals surface area contributed by atoms with Gasteiger partial charge >= 0.3 is 5.97 Å². The number of halogens is 1. The number of hydrogen-bond donors (Lipinski definition) is 2. The van der Waals surface area contributed by atoms with E-state index in [9.17, 15) is 23.9 Å². The maximum Gasteiger partial charge on any atom is 0.309 e. The van der Waals surface area contributed by atoms with Gasteiger partial charge in [0.05, 0.1) is 36.2 Å². The van der Waals surface area contributed by atoms with Gasteiger partial charge in [-0.2, -0.15) is 5.10 Å². The molecule has 2 N–H and O–H groups in total. The number of allylic oxidation sites excluding steroid dienone is 1. The summed E-state index contributed by atoms with van der Waals surface area (Å²) in [5, 5.41) is 19.3. The number of fused-ring (bicyclic) bond motifs is 6. The Morgan fingerprint density at radius 2 is 2.00 bits per heavy atom. The molecular formula is C36H44FN3O6S. The largest absolute Gasteiger partial charge is 0.449 e. The van der Waals surface area contributed by atoms with Crippen molar-refractivity contribution in [2.24, 2.45) is 34.5 Å². The van der Waals surface area contributed by atoms with Crippen LogP contribution in [0, 0.1) is 34.5 Å². The van der Waals surface area contributed by atoms with E-state index in [-0.39, 0.29) is 41.0 Å². The van der Waals surface area contributed by atoms with Gasteiger partial charge in [0.1, 0.15) is 6.01 Å². The van der Waals surface area contributed by atoms with E-state index in [4.69, 9.17) is 14.6 Å². The highest BCUT2D eigenvalue weighted by Gasteiger charge is 2.71. The van der Waals surface area contributed by atoms with E-state index in [0.717, 1.165) is 42.6 Å². The molecule has 2 aromatic rings. The molecule has 252 valence electrons. The van der Waals surface area contributed by atoms with Crippen molar-refractivity contribution in [3.63, 3.8) is 0 Å². The predicted molar refractivity (Wildman–Crippen MR) is 175 cm³/mol. The molecule has 0 saturated heterocycles. The van der Waals surface area contributed by atoms with Crippen LogP contribution in [-0.2, 0) is 25.5 Å². The van der Waals surface area contributed by atoms with E-state index in [1.807, 2.05) is 36.0 Å². The highest BCUT2D eigenvalue weighted by atomic mass is 32.2. The zero-order valence-corrected chi connectivity index (χ0v) is 28.1. The van der Waals surface area contributed by atoms with Crippen molar-refractivity contribution >= 4 is 34.8 Å². The van der Waals surface area contributed by atoms with Crippen LogP contribution in [0.2, 0.25) is 0 Å². The van der Waals surface area contributed by atoms with Gasteiger partial charge in [0.2, 0.25) is 5.12 Å². The average molecular weight is 666 g/mol. The minimum atomic E-state index is -1.42. The first-order chi connectivity index (χ1) is 22.6. The second-order valence-electron chi connectivity index (χ2n) is 14.7. The second-order valence-corrected chi connectivity index (χ2v) is 15.5. The molecule has 0 radical (unpaired) electrons. The van der Waals surface area contributed by atoms with E-state index >= 15 is 0 Å². The number of amides is 1. The average Bonchev–Trinajstić information content (AvgIpc) is 3.76. The van der Waals surface area contributed by atoms with Crippen LogP contribution in [0.3, 0.4) is 0 Å². The molecule has 4 saturated carbocycles. The maximum absolute atomic E-state index is 13.7. The number of esters is 1. The summed E-state index contributed by atoms with van der Waals surface area (Å²) in [4.78, 5) is 39.4. The van der Waals surface area contributed by atoms with Crippen LogP contribution in [0.1, 0.15) is 80.4 Å². The first-order valence-electron chi connectivity index (χ1n) is 16.9. The number of alkyl halides is 1. The molecule has 2 unspecified atom stereocenters. The van der Waals surface area contributed by atoms with Crippen molar-refractivity contribution in [1.29, 1.82) is 0 Å². The van der Waals surface area contributed by atoms with Gasteiger partial charge in [-0.25, -0.2) is 9.07 Å². The third kappa shape index (κ3) is 5.19. The minimum Gasteiger partial charge on any atom is -0.449 e. The number of hydrogen-bond acceptors (Lipinski definition) is 8. The minimum absolute atomic E-state index is 0.0462. The molecule has 11 heteroatoms. The molecule has 7 atom stereocenters. The van der Waals surface area contributed by atoms with Crippen molar-refractivity contribution in [3.05, 3.63) is 52.9 Å². The van der Waals surface area contributed by atoms with Crippen LogP contribution in [0.4, 0.5) is 4.39 Å². The number of rotatable bonds is 9. The van der Waals surface area contributed by atoms with Gasteiger partial charge in [-0.3, -0.25) is 14.4 Å². The molecule has 7 rings (SSSR count). The Kier molecular flexibility index (Phi) is 8.40. The van der Waals surface area contributed by atoms with E-state index in [0.29, 0.717) is 56.2 Å². The van der Waals surface area contributed by atoms with Crippen molar-refractivity contribution < 1.29 is 33.4 Å². The molecule has 1 aromatic heterocycles. The number of carbonyl (C=O) groups is 3. The number of carbonyl (C=O) groups excluding carboxylic acids is 3. The molecule has 0 spiro atoms. The number of nitrogens with zero attached hydrogens (tertiary/aromatic N) is 2. The molecule has 9 nitrogen and oxygen atoms in total. The van der Waals surface area contributed by atoms with Gasteiger partial charge in [0, 0.05) is 24.6 Å². The lowest BCUT2D eigenvalue weighted by Crippen LogP contribution is -2.62. The standard InChI is InChI=1S/C36H44FN3O6S/c1-34-17-23-19-39-40(25-6-4-5-22(15-25)31(42)38-13-14-45-3)28(23)16-24(34)9-10-26-27-11-12-36(33(44)47-20-37,46-32(43)21-7-8-21)35(27,2)18-29(41)30(26)34/h4-6,15-16,19,21,26-27,29-30,41H,7-14,17-18,20H2,1-3H3,(H,38,42)/t26-,27?,29-,30?,34-,35-,36-/m0/s1. The molecule has 5 aliphatic rings. The summed E-state index contributed by atoms with van der Waals surface area (Å²) in [6, 6.07) is 6.56. The lowest BCUT2D eigenvalue weighted by molar-refractivity contribution is -0.197. The number of methoxy groups -OCH3 is 1. The van der Waals surface area contributed by atoms with Gasteiger partial charge in [-0.1, -0.05) is 25.5 Å². The predicted octanol–water partition coefficient (Wildman–Crippen LogP) is 5.28. The Morgan fingerprint density at radius 1 is 1.19 bits per heavy atom. The molecule has 1 amide bonds. The third-order valence-electron chi connectivity index (χ3n) is 12.2. The summed E-state index contributed by atoms with van der Waals surface area (Å²) in [5.41, 5.74) is 2.17. The highest BCUT2D eigenvalue weighted by molar-refractivity contribution is 8.13. The number of ether oxygens (including phenoxy) is 2. The Hall–Kier alpha value is -3.02. The molecule has 1 heterocycles. The first kappa shape index (κ1) is 32.5. The van der Waals surface area contributed by atoms with Crippen LogP contribution in [0.15, 0.2) is 36.0 Å². The number of aliphatic hydroxyl groups excluding tert-OH is 1. The SMILES string of the molecule is COCCNC(=O)c1cccc(-n2ncc3c2C=C2CC[C@@H]4C([C@@H](O)C[C@@]5(C)C4CC[C@]5(OC(=O)C4CC4)C(=O)SCF)[C@@]2(C)C3)c1. The lowest BCUT2D eigenvalue weighted by atomic mass is 9.45. The quantitative estimate of drug-likeness (QED) is 0.274. The fourth-order valence-corrected chi connectivity index (χ4v) is 10.5. The van der Waals surface area contributed by atoms with Crippen molar-refractivity contribution in [3.8, 4) is 5.69 Å². The summed E-state index contributed by atoms with van der Waals surface area (Å²) < 4.78 is 26.7. The van der Waals surface area contributed by atoms with Gasteiger partial charge in [0.15, 0.2) is 5.60 Å². The van der Waals surface area contributed by atoms with E-state index in [2.05, 4.69) is 18.3 Å². The summed E-state index contributed by atoms with van der Waals surface area (Å²) in [7, 11) is 1.60. The fourth-order valence-electron chi connectivity index (χ4n) is 9.81. The van der Waals surface area contributed by atoms with Crippen LogP contribution >= 0.6 is 11.8 Å². The number of thioether (sulfide) groups is 1. The van der Waals surface area contributed by atoms with Gasteiger partial charge in [-0.05, 0) is 116 Å². The second kappa shape index (κ2) is 12.1. The maximum atomic E-state index is 13.7. The molecular weight excluding hydrogens is 621 g/mol. The van der Waals surface area contributed by atoms with E-state index in [1.165, 1.54) is 5.57 Å². The topological polar surface area (TPSA) is 120 Å². The van der Waals surface area contributed by atoms with Crippen LogP contribution in [-0.4, -0.2) is 69.9 Å². The fraction of sp³-hybridized carbons (Fsp3) is 0.611. The summed E-state index contributed by atoms with van der Waals surface area (Å²) in [5.74, 6) is -0.567. The van der Waals surface area contributed by atoms with Gasteiger partial charge in [0.25, 0.3) is 5.91 Å². The molecule has 5 aliphatic carbocycles. The first-order valence-corrected chi connectivity index (χ1v) is 17.8. The number of benzene rings is 1. The summed E-state index contributed by atoms with van der Waals surface area (Å²) >= 11 is 0.593. The lowest BCUT2D eigenvalue weighted by Gasteiger charge is -2.60. The smallest absolute Gasteiger partial charge is 0.309 e. The van der Waals surface area contributed by atoms with E-state index in [1.54, 1.807) is 13.2 Å². The summed E-state index contributed by atoms with van der Waals surface area (Å²) in [6.07, 6.45) is 8.71. The van der Waals surface area contributed by atoms with Crippen molar-refractivity contribution in [2.45, 2.75) is 76.9 Å². The van der Waals surface area contributed by atoms with Gasteiger partial charge < -0.3 is 19.9 Å².